The van der Waals surface area contributed by atoms with Crippen molar-refractivity contribution in [2.24, 2.45) is 0 Å². The quantitative estimate of drug-likeness (QED) is 0.930. The lowest BCUT2D eigenvalue weighted by molar-refractivity contribution is 0.412. The average molecular weight is 319 g/mol. The first kappa shape index (κ1) is 12.5. The fraction of sp³-hybridized carbons (Fsp3) is 0.267. The van der Waals surface area contributed by atoms with E-state index in [-0.39, 0.29) is 0 Å². The van der Waals surface area contributed by atoms with Crippen LogP contribution in [0.1, 0.15) is 23.7 Å². The Morgan fingerprint density at radius 3 is 3.05 bits per heavy atom. The van der Waals surface area contributed by atoms with E-state index in [2.05, 4.69) is 32.3 Å². The second-order valence-electron chi connectivity index (χ2n) is 4.63. The summed E-state index contributed by atoms with van der Waals surface area (Å²) in [5.41, 5.74) is 3.61. The van der Waals surface area contributed by atoms with Crippen molar-refractivity contribution in [3.63, 3.8) is 0 Å². The van der Waals surface area contributed by atoms with Crippen LogP contribution in [0.3, 0.4) is 0 Å². The average Bonchev–Trinajstić information content (AvgIpc) is 2.83. The molecule has 0 aliphatic heterocycles. The Labute approximate surface area is 121 Å². The third-order valence-electron chi connectivity index (χ3n) is 3.45. The molecule has 0 spiro atoms. The van der Waals surface area contributed by atoms with Gasteiger partial charge in [-0.25, -0.2) is 0 Å². The monoisotopic (exact) mass is 318 g/mol. The van der Waals surface area contributed by atoms with E-state index in [1.165, 1.54) is 11.3 Å². The lowest BCUT2D eigenvalue weighted by atomic mass is 10.2. The van der Waals surface area contributed by atoms with Gasteiger partial charge in [-0.15, -0.1) is 0 Å². The summed E-state index contributed by atoms with van der Waals surface area (Å²) in [4.78, 5) is 4.49. The molecule has 0 saturated heterocycles. The Balaban J connectivity index is 1.81. The summed E-state index contributed by atoms with van der Waals surface area (Å²) in [5, 5.41) is 3.54. The highest BCUT2D eigenvalue weighted by Crippen LogP contribution is 2.34. The van der Waals surface area contributed by atoms with Gasteiger partial charge in [0.05, 0.1) is 23.3 Å². The molecule has 1 aliphatic carbocycles. The van der Waals surface area contributed by atoms with Gasteiger partial charge in [0, 0.05) is 11.9 Å². The summed E-state index contributed by atoms with van der Waals surface area (Å²) >= 11 is 3.51. The number of pyridine rings is 1. The van der Waals surface area contributed by atoms with Gasteiger partial charge in [0.1, 0.15) is 5.75 Å². The zero-order valence-electron chi connectivity index (χ0n) is 10.7. The van der Waals surface area contributed by atoms with Crippen molar-refractivity contribution in [2.75, 3.05) is 12.4 Å². The highest BCUT2D eigenvalue weighted by molar-refractivity contribution is 9.10. The van der Waals surface area contributed by atoms with E-state index < -0.39 is 0 Å². The molecule has 0 radical (unpaired) electrons. The topological polar surface area (TPSA) is 34.1 Å². The maximum atomic E-state index is 5.24. The maximum absolute atomic E-state index is 5.24. The van der Waals surface area contributed by atoms with Crippen molar-refractivity contribution in [3.8, 4) is 5.75 Å². The van der Waals surface area contributed by atoms with E-state index in [9.17, 15) is 0 Å². The zero-order valence-corrected chi connectivity index (χ0v) is 12.3. The van der Waals surface area contributed by atoms with Crippen LogP contribution < -0.4 is 10.1 Å². The summed E-state index contributed by atoms with van der Waals surface area (Å²) in [6, 6.07) is 10.5. The summed E-state index contributed by atoms with van der Waals surface area (Å²) in [6.45, 7) is 0. The number of methoxy groups -OCH3 is 1. The van der Waals surface area contributed by atoms with Gasteiger partial charge in [-0.2, -0.15) is 0 Å². The molecule has 3 nitrogen and oxygen atoms in total. The van der Waals surface area contributed by atoms with E-state index in [1.54, 1.807) is 7.11 Å². The predicted molar refractivity (Wildman–Crippen MR) is 79.6 cm³/mol. The smallest absolute Gasteiger partial charge is 0.133 e. The number of nitrogens with zero attached hydrogens (tertiary/aromatic N) is 1. The molecule has 4 heteroatoms. The SMILES string of the molecule is COc1ccc(NC2CCc3cccnc32)cc1Br. The standard InChI is InChI=1S/C15H15BrN2O/c1-19-14-7-5-11(9-12(14)16)18-13-6-4-10-3-2-8-17-15(10)13/h2-3,5,7-9,13,18H,4,6H2,1H3. The highest BCUT2D eigenvalue weighted by atomic mass is 79.9. The van der Waals surface area contributed by atoms with Gasteiger partial charge in [0.15, 0.2) is 0 Å². The predicted octanol–water partition coefficient (Wildman–Crippen LogP) is 3.95. The van der Waals surface area contributed by atoms with Crippen LogP contribution in [-0.4, -0.2) is 12.1 Å². The second-order valence-corrected chi connectivity index (χ2v) is 5.49. The zero-order chi connectivity index (χ0) is 13.2. The van der Waals surface area contributed by atoms with Crippen molar-refractivity contribution in [1.82, 2.24) is 4.98 Å². The van der Waals surface area contributed by atoms with Gasteiger partial charge in [-0.05, 0) is 58.6 Å². The van der Waals surface area contributed by atoms with E-state index in [1.807, 2.05) is 30.5 Å². The summed E-state index contributed by atoms with van der Waals surface area (Å²) in [7, 11) is 1.67. The fourth-order valence-electron chi connectivity index (χ4n) is 2.51. The van der Waals surface area contributed by atoms with Crippen molar-refractivity contribution >= 4 is 21.6 Å². The summed E-state index contributed by atoms with van der Waals surface area (Å²) in [6.07, 6.45) is 4.05. The van der Waals surface area contributed by atoms with Gasteiger partial charge in [-0.3, -0.25) is 4.98 Å². The molecule has 1 N–H and O–H groups in total. The van der Waals surface area contributed by atoms with Crippen LogP contribution in [0.25, 0.3) is 0 Å². The van der Waals surface area contributed by atoms with Crippen LogP contribution >= 0.6 is 15.9 Å². The normalized spacial score (nSPS) is 17.1. The molecule has 0 bridgehead atoms. The summed E-state index contributed by atoms with van der Waals surface area (Å²) in [5.74, 6) is 0.843. The largest absolute Gasteiger partial charge is 0.496 e. The Hall–Kier alpha value is -1.55. The van der Waals surface area contributed by atoms with Crippen molar-refractivity contribution < 1.29 is 4.74 Å². The molecule has 19 heavy (non-hydrogen) atoms. The van der Waals surface area contributed by atoms with Crippen LogP contribution in [0.4, 0.5) is 5.69 Å². The number of aromatic nitrogens is 1. The number of hydrogen-bond donors (Lipinski definition) is 1. The molecule has 0 amide bonds. The molecule has 1 aliphatic rings. The van der Waals surface area contributed by atoms with Crippen molar-refractivity contribution in [3.05, 3.63) is 52.3 Å². The molecule has 1 aromatic carbocycles. The Morgan fingerprint density at radius 2 is 2.26 bits per heavy atom. The molecule has 1 aromatic heterocycles. The van der Waals surface area contributed by atoms with Gasteiger partial charge in [0.25, 0.3) is 0 Å². The van der Waals surface area contributed by atoms with E-state index >= 15 is 0 Å². The molecule has 1 heterocycles. The molecule has 1 unspecified atom stereocenters. The number of halogens is 1. The van der Waals surface area contributed by atoms with Crippen molar-refractivity contribution in [1.29, 1.82) is 0 Å². The first-order valence-corrected chi connectivity index (χ1v) is 7.11. The molecular weight excluding hydrogens is 304 g/mol. The van der Waals surface area contributed by atoms with Crippen molar-refractivity contribution in [2.45, 2.75) is 18.9 Å². The molecule has 98 valence electrons. The number of nitrogens with one attached hydrogen (secondary N) is 1. The summed E-state index contributed by atoms with van der Waals surface area (Å²) < 4.78 is 6.20. The maximum Gasteiger partial charge on any atom is 0.133 e. The number of benzene rings is 1. The Bertz CT molecular complexity index is 600. The van der Waals surface area contributed by atoms with Gasteiger partial charge < -0.3 is 10.1 Å². The Morgan fingerprint density at radius 1 is 1.37 bits per heavy atom. The number of hydrogen-bond acceptors (Lipinski definition) is 3. The molecule has 3 rings (SSSR count). The molecule has 0 fully saturated rings. The first-order chi connectivity index (χ1) is 9.28. The minimum atomic E-state index is 0.302. The third-order valence-corrected chi connectivity index (χ3v) is 4.07. The van der Waals surface area contributed by atoms with E-state index in [4.69, 9.17) is 4.74 Å². The molecular formula is C15H15BrN2O. The third kappa shape index (κ3) is 2.45. The number of fused-ring (bicyclic) bond motifs is 1. The van der Waals surface area contributed by atoms with Crippen LogP contribution in [0.5, 0.6) is 5.75 Å². The number of aryl methyl sites for hydroxylation is 1. The van der Waals surface area contributed by atoms with Gasteiger partial charge in [-0.1, -0.05) is 6.07 Å². The van der Waals surface area contributed by atoms with Gasteiger partial charge >= 0.3 is 0 Å². The highest BCUT2D eigenvalue weighted by Gasteiger charge is 2.23. The van der Waals surface area contributed by atoms with E-state index in [0.717, 1.165) is 28.8 Å². The lowest BCUT2D eigenvalue weighted by Crippen LogP contribution is -2.08. The fourth-order valence-corrected chi connectivity index (χ4v) is 3.05. The first-order valence-electron chi connectivity index (χ1n) is 6.32. The second kappa shape index (κ2) is 5.21. The van der Waals surface area contributed by atoms with Crippen LogP contribution in [0, 0.1) is 0 Å². The van der Waals surface area contributed by atoms with Crippen LogP contribution in [-0.2, 0) is 6.42 Å². The number of rotatable bonds is 3. The lowest BCUT2D eigenvalue weighted by Gasteiger charge is -2.15. The minimum Gasteiger partial charge on any atom is -0.496 e. The number of anilines is 1. The number of ether oxygens (including phenoxy) is 1. The Kier molecular flexibility index (Phi) is 3.42. The minimum absolute atomic E-state index is 0.302. The van der Waals surface area contributed by atoms with Crippen LogP contribution in [0.2, 0.25) is 0 Å². The molecule has 0 saturated carbocycles. The van der Waals surface area contributed by atoms with E-state index in [0.29, 0.717) is 6.04 Å². The van der Waals surface area contributed by atoms with Gasteiger partial charge in [0.2, 0.25) is 0 Å². The van der Waals surface area contributed by atoms with Crippen LogP contribution in [0.15, 0.2) is 41.0 Å². The molecule has 1 atom stereocenters. The molecule has 2 aromatic rings.